The minimum Gasteiger partial charge on any atom is -0.457 e. The van der Waals surface area contributed by atoms with Gasteiger partial charge in [0.05, 0.1) is 5.69 Å². The standard InChI is InChI=1S/C16H14N4O3/c1-11-17-10-18-16(19-11)12-2-6-14(7-3-12)22-15-8-4-13(5-9-15)20-23-21/h2-10,20-21H,1H3. The van der Waals surface area contributed by atoms with Gasteiger partial charge < -0.3 is 4.74 Å². The number of ether oxygens (including phenoxy) is 1. The Kier molecular flexibility index (Phi) is 4.41. The Bertz CT molecular complexity index is 776. The lowest BCUT2D eigenvalue weighted by Crippen LogP contribution is -1.95. The number of aromatic nitrogens is 3. The lowest BCUT2D eigenvalue weighted by atomic mass is 10.2. The fraction of sp³-hybridized carbons (Fsp3) is 0.0625. The highest BCUT2D eigenvalue weighted by atomic mass is 17.2. The van der Waals surface area contributed by atoms with Crippen LogP contribution in [0, 0.1) is 6.92 Å². The molecule has 0 atom stereocenters. The van der Waals surface area contributed by atoms with Crippen LogP contribution in [0.2, 0.25) is 0 Å². The molecule has 0 spiro atoms. The maximum atomic E-state index is 8.30. The van der Waals surface area contributed by atoms with E-state index in [0.717, 1.165) is 5.56 Å². The first-order valence-electron chi connectivity index (χ1n) is 6.85. The summed E-state index contributed by atoms with van der Waals surface area (Å²) in [7, 11) is 0. The predicted molar refractivity (Wildman–Crippen MR) is 83.9 cm³/mol. The summed E-state index contributed by atoms with van der Waals surface area (Å²) >= 11 is 0. The molecule has 0 aliphatic rings. The van der Waals surface area contributed by atoms with E-state index < -0.39 is 0 Å². The van der Waals surface area contributed by atoms with Gasteiger partial charge in [0.2, 0.25) is 0 Å². The van der Waals surface area contributed by atoms with Crippen molar-refractivity contribution in [1.82, 2.24) is 15.0 Å². The molecule has 0 radical (unpaired) electrons. The zero-order chi connectivity index (χ0) is 16.1. The highest BCUT2D eigenvalue weighted by Gasteiger charge is 2.03. The Labute approximate surface area is 132 Å². The Hall–Kier alpha value is -3.03. The van der Waals surface area contributed by atoms with E-state index in [9.17, 15) is 0 Å². The van der Waals surface area contributed by atoms with E-state index >= 15 is 0 Å². The molecule has 0 saturated heterocycles. The summed E-state index contributed by atoms with van der Waals surface area (Å²) in [6.07, 6.45) is 1.49. The molecular formula is C16H14N4O3. The molecule has 116 valence electrons. The smallest absolute Gasteiger partial charge is 0.162 e. The van der Waals surface area contributed by atoms with Crippen LogP contribution in [0.3, 0.4) is 0 Å². The number of nitrogens with one attached hydrogen (secondary N) is 1. The van der Waals surface area contributed by atoms with Crippen molar-refractivity contribution >= 4 is 5.69 Å². The van der Waals surface area contributed by atoms with Crippen molar-refractivity contribution in [3.8, 4) is 22.9 Å². The third-order valence-corrected chi connectivity index (χ3v) is 3.06. The van der Waals surface area contributed by atoms with Crippen LogP contribution in [0.1, 0.15) is 5.82 Å². The molecule has 0 saturated carbocycles. The van der Waals surface area contributed by atoms with E-state index in [1.54, 1.807) is 24.3 Å². The summed E-state index contributed by atoms with van der Waals surface area (Å²) in [4.78, 5) is 16.3. The first-order chi connectivity index (χ1) is 11.2. The number of hydrogen-bond acceptors (Lipinski definition) is 7. The monoisotopic (exact) mass is 310 g/mol. The lowest BCUT2D eigenvalue weighted by molar-refractivity contribution is -0.215. The molecule has 7 nitrogen and oxygen atoms in total. The molecule has 1 heterocycles. The number of rotatable bonds is 5. The molecule has 0 unspecified atom stereocenters. The fourth-order valence-electron chi connectivity index (χ4n) is 1.97. The first-order valence-corrected chi connectivity index (χ1v) is 6.85. The van der Waals surface area contributed by atoms with Gasteiger partial charge in [-0.25, -0.2) is 25.7 Å². The van der Waals surface area contributed by atoms with Crippen LogP contribution >= 0.6 is 0 Å². The molecule has 0 aliphatic heterocycles. The van der Waals surface area contributed by atoms with Gasteiger partial charge in [0, 0.05) is 5.56 Å². The van der Waals surface area contributed by atoms with Gasteiger partial charge in [-0.3, -0.25) is 0 Å². The molecular weight excluding hydrogens is 296 g/mol. The normalized spacial score (nSPS) is 10.3. The first kappa shape index (κ1) is 14.9. The second kappa shape index (κ2) is 6.82. The molecule has 0 amide bonds. The Morgan fingerprint density at radius 3 is 2.17 bits per heavy atom. The molecule has 3 aromatic rings. The van der Waals surface area contributed by atoms with Crippen LogP contribution in [0.5, 0.6) is 11.5 Å². The maximum absolute atomic E-state index is 8.30. The van der Waals surface area contributed by atoms with E-state index in [4.69, 9.17) is 9.99 Å². The van der Waals surface area contributed by atoms with Crippen LogP contribution < -0.4 is 10.2 Å². The van der Waals surface area contributed by atoms with Crippen LogP contribution in [-0.4, -0.2) is 20.2 Å². The van der Waals surface area contributed by atoms with Crippen molar-refractivity contribution in [2.45, 2.75) is 6.92 Å². The van der Waals surface area contributed by atoms with Gasteiger partial charge in [-0.15, -0.1) is 4.99 Å². The number of anilines is 1. The van der Waals surface area contributed by atoms with Crippen molar-refractivity contribution in [3.63, 3.8) is 0 Å². The molecule has 1 aromatic heterocycles. The van der Waals surface area contributed by atoms with Gasteiger partial charge in [0.1, 0.15) is 23.7 Å². The number of hydrogen-bond donors (Lipinski definition) is 2. The maximum Gasteiger partial charge on any atom is 0.162 e. The van der Waals surface area contributed by atoms with E-state index in [1.807, 2.05) is 31.2 Å². The van der Waals surface area contributed by atoms with Crippen LogP contribution in [0.15, 0.2) is 54.9 Å². The van der Waals surface area contributed by atoms with Crippen molar-refractivity contribution in [2.24, 2.45) is 0 Å². The summed E-state index contributed by atoms with van der Waals surface area (Å²) in [6, 6.07) is 14.4. The zero-order valence-electron chi connectivity index (χ0n) is 12.3. The average molecular weight is 310 g/mol. The van der Waals surface area contributed by atoms with Crippen LogP contribution in [0.25, 0.3) is 11.4 Å². The molecule has 2 aromatic carbocycles. The van der Waals surface area contributed by atoms with E-state index in [2.05, 4.69) is 25.4 Å². The zero-order valence-corrected chi connectivity index (χ0v) is 12.3. The third kappa shape index (κ3) is 3.79. The third-order valence-electron chi connectivity index (χ3n) is 3.06. The second-order valence-electron chi connectivity index (χ2n) is 4.70. The minimum absolute atomic E-state index is 0.611. The minimum atomic E-state index is 0.611. The van der Waals surface area contributed by atoms with Crippen molar-refractivity contribution in [3.05, 3.63) is 60.7 Å². The van der Waals surface area contributed by atoms with Gasteiger partial charge in [-0.05, 0) is 55.5 Å². The summed E-state index contributed by atoms with van der Waals surface area (Å²) in [5, 5.41) is 8.30. The van der Waals surface area contributed by atoms with Gasteiger partial charge in [-0.1, -0.05) is 0 Å². The number of nitrogens with zero attached hydrogens (tertiary/aromatic N) is 3. The average Bonchev–Trinajstić information content (AvgIpc) is 2.58. The highest BCUT2D eigenvalue weighted by Crippen LogP contribution is 2.25. The summed E-state index contributed by atoms with van der Waals surface area (Å²) in [6.45, 7) is 1.82. The molecule has 0 fully saturated rings. The molecule has 2 N–H and O–H groups in total. The fourth-order valence-corrected chi connectivity index (χ4v) is 1.97. The van der Waals surface area contributed by atoms with Gasteiger partial charge >= 0.3 is 0 Å². The van der Waals surface area contributed by atoms with E-state index in [-0.39, 0.29) is 0 Å². The predicted octanol–water partition coefficient (Wildman–Crippen LogP) is 3.46. The van der Waals surface area contributed by atoms with Gasteiger partial charge in [0.15, 0.2) is 5.82 Å². The van der Waals surface area contributed by atoms with Gasteiger partial charge in [-0.2, -0.15) is 0 Å². The summed E-state index contributed by atoms with van der Waals surface area (Å²) in [5.41, 5.74) is 3.81. The van der Waals surface area contributed by atoms with Crippen LogP contribution in [-0.2, 0) is 4.99 Å². The molecule has 3 rings (SSSR count). The summed E-state index contributed by atoms with van der Waals surface area (Å²) in [5.74, 6) is 2.66. The Balaban J connectivity index is 1.72. The highest BCUT2D eigenvalue weighted by molar-refractivity contribution is 5.56. The molecule has 0 aliphatic carbocycles. The topological polar surface area (TPSA) is 89.4 Å². The summed E-state index contributed by atoms with van der Waals surface area (Å²) < 4.78 is 5.74. The molecule has 23 heavy (non-hydrogen) atoms. The van der Waals surface area contributed by atoms with E-state index in [0.29, 0.717) is 28.8 Å². The van der Waals surface area contributed by atoms with E-state index in [1.165, 1.54) is 6.33 Å². The van der Waals surface area contributed by atoms with Crippen molar-refractivity contribution in [1.29, 1.82) is 0 Å². The van der Waals surface area contributed by atoms with Gasteiger partial charge in [0.25, 0.3) is 0 Å². The lowest BCUT2D eigenvalue weighted by Gasteiger charge is -2.07. The largest absolute Gasteiger partial charge is 0.457 e. The Morgan fingerprint density at radius 1 is 0.913 bits per heavy atom. The number of aryl methyl sites for hydroxylation is 1. The van der Waals surface area contributed by atoms with Crippen molar-refractivity contribution < 1.29 is 15.0 Å². The SMILES string of the molecule is Cc1ncnc(-c2ccc(Oc3ccc(NOO)cc3)cc2)n1. The Morgan fingerprint density at radius 2 is 1.57 bits per heavy atom. The molecule has 7 heteroatoms. The second-order valence-corrected chi connectivity index (χ2v) is 4.70. The van der Waals surface area contributed by atoms with Crippen LogP contribution in [0.4, 0.5) is 5.69 Å². The number of benzene rings is 2. The molecule has 0 bridgehead atoms. The van der Waals surface area contributed by atoms with Crippen molar-refractivity contribution in [2.75, 3.05) is 5.48 Å². The quantitative estimate of drug-likeness (QED) is 0.551.